The van der Waals surface area contributed by atoms with Crippen LogP contribution < -0.4 is 5.32 Å². The quantitative estimate of drug-likeness (QED) is 0.806. The maximum Gasteiger partial charge on any atom is 0.139 e. The second-order valence-corrected chi connectivity index (χ2v) is 5.17. The summed E-state index contributed by atoms with van der Waals surface area (Å²) in [6.45, 7) is 5.30. The summed E-state index contributed by atoms with van der Waals surface area (Å²) in [5.74, 6) is 1.81. The van der Waals surface area contributed by atoms with Gasteiger partial charge in [-0.1, -0.05) is 6.92 Å². The highest BCUT2D eigenvalue weighted by Crippen LogP contribution is 2.34. The molecule has 0 saturated heterocycles. The van der Waals surface area contributed by atoms with Crippen molar-refractivity contribution in [3.05, 3.63) is 10.8 Å². The standard InChI is InChI=1S/C11H19N3S/c1-3-6-12-10(9-4-5-9)7-11-13-8(2)14-15-11/h9-10,12H,3-7H2,1-2H3. The second kappa shape index (κ2) is 5.03. The van der Waals surface area contributed by atoms with Crippen LogP contribution in [0.5, 0.6) is 0 Å². The average Bonchev–Trinajstić information content (AvgIpc) is 2.98. The highest BCUT2D eigenvalue weighted by atomic mass is 32.1. The molecule has 1 unspecified atom stereocenters. The van der Waals surface area contributed by atoms with Crippen LogP contribution in [-0.2, 0) is 6.42 Å². The van der Waals surface area contributed by atoms with Crippen molar-refractivity contribution < 1.29 is 0 Å². The zero-order valence-electron chi connectivity index (χ0n) is 9.49. The van der Waals surface area contributed by atoms with Crippen molar-refractivity contribution in [3.63, 3.8) is 0 Å². The minimum atomic E-state index is 0.636. The van der Waals surface area contributed by atoms with E-state index in [4.69, 9.17) is 0 Å². The van der Waals surface area contributed by atoms with Gasteiger partial charge in [-0.2, -0.15) is 4.37 Å². The summed E-state index contributed by atoms with van der Waals surface area (Å²) in [7, 11) is 0. The van der Waals surface area contributed by atoms with Gasteiger partial charge in [0.05, 0.1) is 0 Å². The van der Waals surface area contributed by atoms with Crippen LogP contribution in [0.4, 0.5) is 0 Å². The van der Waals surface area contributed by atoms with Crippen molar-refractivity contribution in [2.45, 2.75) is 45.6 Å². The molecule has 84 valence electrons. The lowest BCUT2D eigenvalue weighted by atomic mass is 10.1. The van der Waals surface area contributed by atoms with E-state index in [1.54, 1.807) is 11.5 Å². The van der Waals surface area contributed by atoms with Gasteiger partial charge in [0.2, 0.25) is 0 Å². The van der Waals surface area contributed by atoms with Crippen LogP contribution >= 0.6 is 11.5 Å². The van der Waals surface area contributed by atoms with E-state index in [2.05, 4.69) is 21.6 Å². The van der Waals surface area contributed by atoms with Crippen LogP contribution in [0.2, 0.25) is 0 Å². The molecule has 0 spiro atoms. The zero-order chi connectivity index (χ0) is 10.7. The van der Waals surface area contributed by atoms with Crippen LogP contribution in [0.15, 0.2) is 0 Å². The monoisotopic (exact) mass is 225 g/mol. The first-order valence-electron chi connectivity index (χ1n) is 5.82. The molecule has 1 atom stereocenters. The zero-order valence-corrected chi connectivity index (χ0v) is 10.3. The summed E-state index contributed by atoms with van der Waals surface area (Å²) in [6, 6.07) is 0.636. The Morgan fingerprint density at radius 2 is 2.33 bits per heavy atom. The number of nitrogens with zero attached hydrogens (tertiary/aromatic N) is 2. The number of hydrogen-bond donors (Lipinski definition) is 1. The first kappa shape index (κ1) is 11.0. The minimum absolute atomic E-state index is 0.636. The van der Waals surface area contributed by atoms with Crippen molar-refractivity contribution in [2.24, 2.45) is 5.92 Å². The molecule has 3 nitrogen and oxygen atoms in total. The fourth-order valence-electron chi connectivity index (χ4n) is 1.84. The van der Waals surface area contributed by atoms with Gasteiger partial charge in [-0.15, -0.1) is 0 Å². The molecule has 4 heteroatoms. The van der Waals surface area contributed by atoms with Crippen molar-refractivity contribution >= 4 is 11.5 Å². The fraction of sp³-hybridized carbons (Fsp3) is 0.818. The number of rotatable bonds is 6. The Bertz CT molecular complexity index is 307. The third-order valence-corrected chi connectivity index (χ3v) is 3.64. The fourth-order valence-corrected chi connectivity index (χ4v) is 2.55. The predicted molar refractivity (Wildman–Crippen MR) is 63.2 cm³/mol. The van der Waals surface area contributed by atoms with Gasteiger partial charge in [-0.25, -0.2) is 4.98 Å². The van der Waals surface area contributed by atoms with Gasteiger partial charge in [0.1, 0.15) is 10.8 Å². The Balaban J connectivity index is 1.88. The molecule has 0 radical (unpaired) electrons. The molecular weight excluding hydrogens is 206 g/mol. The van der Waals surface area contributed by atoms with E-state index < -0.39 is 0 Å². The van der Waals surface area contributed by atoms with Gasteiger partial charge in [-0.05, 0) is 50.2 Å². The maximum absolute atomic E-state index is 4.44. The Hall–Kier alpha value is -0.480. The topological polar surface area (TPSA) is 37.8 Å². The molecule has 1 aromatic rings. The van der Waals surface area contributed by atoms with Gasteiger partial charge < -0.3 is 5.32 Å². The Labute approximate surface area is 95.5 Å². The van der Waals surface area contributed by atoms with E-state index in [0.717, 1.165) is 24.7 Å². The van der Waals surface area contributed by atoms with Crippen LogP contribution in [0.3, 0.4) is 0 Å². The molecule has 1 saturated carbocycles. The van der Waals surface area contributed by atoms with E-state index in [1.165, 1.54) is 24.3 Å². The summed E-state index contributed by atoms with van der Waals surface area (Å²) < 4.78 is 4.23. The predicted octanol–water partition coefficient (Wildman–Crippen LogP) is 2.17. The molecule has 1 heterocycles. The molecular formula is C11H19N3S. The van der Waals surface area contributed by atoms with E-state index in [1.807, 2.05) is 6.92 Å². The summed E-state index contributed by atoms with van der Waals surface area (Å²) >= 11 is 1.56. The number of aromatic nitrogens is 2. The summed E-state index contributed by atoms with van der Waals surface area (Å²) in [4.78, 5) is 4.44. The largest absolute Gasteiger partial charge is 0.313 e. The van der Waals surface area contributed by atoms with Crippen molar-refractivity contribution in [1.29, 1.82) is 0 Å². The van der Waals surface area contributed by atoms with Crippen molar-refractivity contribution in [1.82, 2.24) is 14.7 Å². The van der Waals surface area contributed by atoms with Gasteiger partial charge >= 0.3 is 0 Å². The smallest absolute Gasteiger partial charge is 0.139 e. The Kier molecular flexibility index (Phi) is 3.70. The molecule has 1 aliphatic carbocycles. The number of nitrogens with one attached hydrogen (secondary N) is 1. The summed E-state index contributed by atoms with van der Waals surface area (Å²) in [5.41, 5.74) is 0. The molecule has 1 aromatic heterocycles. The van der Waals surface area contributed by atoms with Gasteiger partial charge in [0.15, 0.2) is 0 Å². The lowest BCUT2D eigenvalue weighted by Crippen LogP contribution is -2.33. The van der Waals surface area contributed by atoms with E-state index >= 15 is 0 Å². The summed E-state index contributed by atoms with van der Waals surface area (Å²) in [5, 5.41) is 4.82. The molecule has 0 aromatic carbocycles. The first-order valence-corrected chi connectivity index (χ1v) is 6.59. The lowest BCUT2D eigenvalue weighted by molar-refractivity contribution is 0.459. The third kappa shape index (κ3) is 3.24. The molecule has 1 N–H and O–H groups in total. The molecule has 0 aliphatic heterocycles. The van der Waals surface area contributed by atoms with Gasteiger partial charge in [-0.3, -0.25) is 0 Å². The second-order valence-electron chi connectivity index (χ2n) is 4.34. The molecule has 0 amide bonds. The first-order chi connectivity index (χ1) is 7.29. The normalized spacial score (nSPS) is 18.0. The number of aryl methyl sites for hydroxylation is 1. The number of hydrogen-bond acceptors (Lipinski definition) is 4. The highest BCUT2D eigenvalue weighted by Gasteiger charge is 2.31. The highest BCUT2D eigenvalue weighted by molar-refractivity contribution is 7.05. The maximum atomic E-state index is 4.44. The lowest BCUT2D eigenvalue weighted by Gasteiger charge is -2.15. The Morgan fingerprint density at radius 3 is 2.87 bits per heavy atom. The SMILES string of the molecule is CCCNC(Cc1nc(C)ns1)C1CC1. The van der Waals surface area contributed by atoms with Gasteiger partial charge in [0.25, 0.3) is 0 Å². The van der Waals surface area contributed by atoms with Crippen molar-refractivity contribution in [3.8, 4) is 0 Å². The van der Waals surface area contributed by atoms with Gasteiger partial charge in [0, 0.05) is 12.5 Å². The van der Waals surface area contributed by atoms with Crippen LogP contribution in [0, 0.1) is 12.8 Å². The van der Waals surface area contributed by atoms with E-state index in [-0.39, 0.29) is 0 Å². The van der Waals surface area contributed by atoms with E-state index in [9.17, 15) is 0 Å². The van der Waals surface area contributed by atoms with Crippen molar-refractivity contribution in [2.75, 3.05) is 6.54 Å². The molecule has 2 rings (SSSR count). The molecule has 1 fully saturated rings. The Morgan fingerprint density at radius 1 is 1.53 bits per heavy atom. The van der Waals surface area contributed by atoms with Crippen LogP contribution in [0.1, 0.15) is 37.0 Å². The molecule has 15 heavy (non-hydrogen) atoms. The molecule has 1 aliphatic rings. The van der Waals surface area contributed by atoms with Crippen LogP contribution in [0.25, 0.3) is 0 Å². The summed E-state index contributed by atoms with van der Waals surface area (Å²) in [6.07, 6.45) is 5.05. The van der Waals surface area contributed by atoms with Crippen LogP contribution in [-0.4, -0.2) is 21.9 Å². The minimum Gasteiger partial charge on any atom is -0.313 e. The molecule has 0 bridgehead atoms. The average molecular weight is 225 g/mol. The third-order valence-electron chi connectivity index (χ3n) is 2.81. The van der Waals surface area contributed by atoms with E-state index in [0.29, 0.717) is 6.04 Å².